The number of carbonyl (C=O) groups excluding carboxylic acids is 2. The van der Waals surface area contributed by atoms with Gasteiger partial charge in [0.05, 0.1) is 0 Å². The first-order valence-electron chi connectivity index (χ1n) is 9.00. The Labute approximate surface area is 153 Å². The number of hydrogen-bond acceptors (Lipinski definition) is 4. The standard InChI is InChI=1S/C20H24N4O2/c1-13-6-3-10-17(21-13)23-19(25)15-8-5-9-16(12-15)20(26)24-18-11-4-7-14(2)22-18/h3-4,6-7,10-11,15-16H,5,8-9,12H2,1-2H3,(H,21,23,25)(H,22,24,26)/t15-,16+. The van der Waals surface area contributed by atoms with Gasteiger partial charge in [0.2, 0.25) is 11.8 Å². The van der Waals surface area contributed by atoms with E-state index in [0.29, 0.717) is 18.1 Å². The van der Waals surface area contributed by atoms with E-state index in [0.717, 1.165) is 30.7 Å². The molecule has 0 bridgehead atoms. The van der Waals surface area contributed by atoms with Crippen LogP contribution in [0, 0.1) is 25.7 Å². The molecule has 2 aromatic heterocycles. The quantitative estimate of drug-likeness (QED) is 0.882. The minimum Gasteiger partial charge on any atom is -0.310 e. The zero-order valence-corrected chi connectivity index (χ0v) is 15.2. The van der Waals surface area contributed by atoms with Crippen LogP contribution in [0.4, 0.5) is 11.6 Å². The van der Waals surface area contributed by atoms with Crippen LogP contribution < -0.4 is 10.6 Å². The second-order valence-corrected chi connectivity index (χ2v) is 6.87. The van der Waals surface area contributed by atoms with Crippen molar-refractivity contribution in [2.45, 2.75) is 39.5 Å². The summed E-state index contributed by atoms with van der Waals surface area (Å²) in [5.74, 6) is 0.652. The van der Waals surface area contributed by atoms with Gasteiger partial charge in [-0.2, -0.15) is 0 Å². The maximum absolute atomic E-state index is 12.6. The number of rotatable bonds is 4. The Balaban J connectivity index is 1.59. The molecule has 136 valence electrons. The number of nitrogens with one attached hydrogen (secondary N) is 2. The molecular formula is C20H24N4O2. The second-order valence-electron chi connectivity index (χ2n) is 6.87. The third kappa shape index (κ3) is 4.65. The molecule has 2 atom stereocenters. The topological polar surface area (TPSA) is 84.0 Å². The van der Waals surface area contributed by atoms with Crippen LogP contribution in [0.1, 0.15) is 37.1 Å². The number of carbonyl (C=O) groups is 2. The normalized spacial score (nSPS) is 19.6. The summed E-state index contributed by atoms with van der Waals surface area (Å²) in [6, 6.07) is 11.1. The Kier molecular flexibility index (Phi) is 5.61. The molecule has 1 fully saturated rings. The summed E-state index contributed by atoms with van der Waals surface area (Å²) < 4.78 is 0. The molecule has 2 amide bonds. The predicted octanol–water partition coefficient (Wildman–Crippen LogP) is 3.48. The van der Waals surface area contributed by atoms with E-state index in [9.17, 15) is 9.59 Å². The monoisotopic (exact) mass is 352 g/mol. The van der Waals surface area contributed by atoms with Gasteiger partial charge in [-0.1, -0.05) is 18.6 Å². The molecule has 1 aliphatic rings. The Morgan fingerprint density at radius 1 is 0.846 bits per heavy atom. The molecule has 6 nitrogen and oxygen atoms in total. The van der Waals surface area contributed by atoms with Crippen LogP contribution in [0.5, 0.6) is 0 Å². The molecule has 0 radical (unpaired) electrons. The minimum atomic E-state index is -0.174. The number of pyridine rings is 2. The van der Waals surface area contributed by atoms with E-state index >= 15 is 0 Å². The van der Waals surface area contributed by atoms with Crippen LogP contribution >= 0.6 is 0 Å². The summed E-state index contributed by atoms with van der Waals surface area (Å²) in [5, 5.41) is 5.75. The molecule has 3 rings (SSSR count). The van der Waals surface area contributed by atoms with Crippen molar-refractivity contribution in [1.82, 2.24) is 9.97 Å². The molecule has 2 aromatic rings. The van der Waals surface area contributed by atoms with Crippen molar-refractivity contribution in [3.05, 3.63) is 47.8 Å². The lowest BCUT2D eigenvalue weighted by atomic mass is 9.80. The first-order chi connectivity index (χ1) is 12.5. The molecule has 1 aliphatic carbocycles. The van der Waals surface area contributed by atoms with E-state index in [4.69, 9.17) is 0 Å². The van der Waals surface area contributed by atoms with E-state index in [-0.39, 0.29) is 23.7 Å². The summed E-state index contributed by atoms with van der Waals surface area (Å²) in [4.78, 5) is 33.7. The van der Waals surface area contributed by atoms with Gasteiger partial charge < -0.3 is 10.6 Å². The molecule has 0 aromatic carbocycles. The Morgan fingerprint density at radius 2 is 1.31 bits per heavy atom. The molecule has 6 heteroatoms. The Morgan fingerprint density at radius 3 is 1.73 bits per heavy atom. The van der Waals surface area contributed by atoms with Crippen molar-refractivity contribution in [2.75, 3.05) is 10.6 Å². The van der Waals surface area contributed by atoms with Gasteiger partial charge in [0.25, 0.3) is 0 Å². The number of aromatic nitrogens is 2. The molecular weight excluding hydrogens is 328 g/mol. The van der Waals surface area contributed by atoms with Crippen molar-refractivity contribution in [3.8, 4) is 0 Å². The predicted molar refractivity (Wildman–Crippen MR) is 101 cm³/mol. The lowest BCUT2D eigenvalue weighted by molar-refractivity contribution is -0.124. The number of amides is 2. The van der Waals surface area contributed by atoms with Gasteiger partial charge in [-0.05, 0) is 57.4 Å². The number of anilines is 2. The molecule has 26 heavy (non-hydrogen) atoms. The van der Waals surface area contributed by atoms with Crippen molar-refractivity contribution in [2.24, 2.45) is 11.8 Å². The third-order valence-corrected chi connectivity index (χ3v) is 4.69. The van der Waals surface area contributed by atoms with Gasteiger partial charge in [-0.15, -0.1) is 0 Å². The van der Waals surface area contributed by atoms with Gasteiger partial charge in [-0.25, -0.2) is 9.97 Å². The van der Waals surface area contributed by atoms with Crippen LogP contribution in [-0.2, 0) is 9.59 Å². The first-order valence-corrected chi connectivity index (χ1v) is 9.00. The van der Waals surface area contributed by atoms with Gasteiger partial charge in [0, 0.05) is 23.2 Å². The molecule has 2 heterocycles. The van der Waals surface area contributed by atoms with E-state index in [1.807, 2.05) is 38.1 Å². The van der Waals surface area contributed by atoms with Gasteiger partial charge in [0.15, 0.2) is 0 Å². The van der Waals surface area contributed by atoms with E-state index in [2.05, 4.69) is 20.6 Å². The van der Waals surface area contributed by atoms with E-state index in [1.54, 1.807) is 12.1 Å². The van der Waals surface area contributed by atoms with Crippen molar-refractivity contribution < 1.29 is 9.59 Å². The van der Waals surface area contributed by atoms with Crippen LogP contribution in [0.15, 0.2) is 36.4 Å². The van der Waals surface area contributed by atoms with Crippen LogP contribution in [-0.4, -0.2) is 21.8 Å². The van der Waals surface area contributed by atoms with Crippen molar-refractivity contribution in [3.63, 3.8) is 0 Å². The fraction of sp³-hybridized carbons (Fsp3) is 0.400. The zero-order chi connectivity index (χ0) is 18.5. The maximum Gasteiger partial charge on any atom is 0.228 e. The number of hydrogen-bond donors (Lipinski definition) is 2. The highest BCUT2D eigenvalue weighted by atomic mass is 16.2. The van der Waals surface area contributed by atoms with E-state index < -0.39 is 0 Å². The fourth-order valence-corrected chi connectivity index (χ4v) is 3.35. The second kappa shape index (κ2) is 8.08. The lowest BCUT2D eigenvalue weighted by Crippen LogP contribution is -2.33. The molecule has 0 saturated heterocycles. The molecule has 1 saturated carbocycles. The summed E-state index contributed by atoms with van der Waals surface area (Å²) in [6.07, 6.45) is 3.00. The highest BCUT2D eigenvalue weighted by Crippen LogP contribution is 2.30. The largest absolute Gasteiger partial charge is 0.310 e. The Bertz CT molecular complexity index is 740. The van der Waals surface area contributed by atoms with Crippen LogP contribution in [0.2, 0.25) is 0 Å². The number of aryl methyl sites for hydroxylation is 2. The third-order valence-electron chi connectivity index (χ3n) is 4.69. The lowest BCUT2D eigenvalue weighted by Gasteiger charge is -2.27. The van der Waals surface area contributed by atoms with Crippen LogP contribution in [0.25, 0.3) is 0 Å². The summed E-state index contributed by atoms with van der Waals surface area (Å²) in [6.45, 7) is 3.77. The molecule has 0 unspecified atom stereocenters. The molecule has 2 N–H and O–H groups in total. The fourth-order valence-electron chi connectivity index (χ4n) is 3.35. The SMILES string of the molecule is Cc1cccc(NC(=O)[C@@H]2CCC[C@H](C(=O)Nc3cccc(C)n3)C2)n1. The molecule has 0 spiro atoms. The molecule has 0 aliphatic heterocycles. The van der Waals surface area contributed by atoms with E-state index in [1.165, 1.54) is 0 Å². The maximum atomic E-state index is 12.6. The van der Waals surface area contributed by atoms with Gasteiger partial charge in [0.1, 0.15) is 11.6 Å². The Hall–Kier alpha value is -2.76. The highest BCUT2D eigenvalue weighted by molar-refractivity contribution is 5.94. The summed E-state index contributed by atoms with van der Waals surface area (Å²) in [7, 11) is 0. The van der Waals surface area contributed by atoms with Gasteiger partial charge in [-0.3, -0.25) is 9.59 Å². The van der Waals surface area contributed by atoms with Crippen molar-refractivity contribution in [1.29, 1.82) is 0 Å². The average Bonchev–Trinajstić information content (AvgIpc) is 2.62. The van der Waals surface area contributed by atoms with Gasteiger partial charge >= 0.3 is 0 Å². The van der Waals surface area contributed by atoms with Crippen LogP contribution in [0.3, 0.4) is 0 Å². The zero-order valence-electron chi connectivity index (χ0n) is 15.2. The van der Waals surface area contributed by atoms with Crippen molar-refractivity contribution >= 4 is 23.5 Å². The first kappa shape index (κ1) is 18.0. The minimum absolute atomic E-state index is 0.0609. The summed E-state index contributed by atoms with van der Waals surface area (Å²) >= 11 is 0. The number of nitrogens with zero attached hydrogens (tertiary/aromatic N) is 2. The smallest absolute Gasteiger partial charge is 0.228 e. The average molecular weight is 352 g/mol. The highest BCUT2D eigenvalue weighted by Gasteiger charge is 2.31. The summed E-state index contributed by atoms with van der Waals surface area (Å²) in [5.41, 5.74) is 1.71.